The molecule has 2 atom stereocenters. The van der Waals surface area contributed by atoms with E-state index in [2.05, 4.69) is 14.3 Å². The number of guanidine groups is 1. The molecule has 0 amide bonds. The molecule has 0 saturated heterocycles. The van der Waals surface area contributed by atoms with Crippen molar-refractivity contribution in [2.45, 2.75) is 38.6 Å². The number of fused-ring (bicyclic) bond motifs is 1. The van der Waals surface area contributed by atoms with E-state index in [1.807, 2.05) is 6.07 Å². The van der Waals surface area contributed by atoms with Gasteiger partial charge in [0.05, 0.1) is 17.9 Å². The van der Waals surface area contributed by atoms with Crippen molar-refractivity contribution in [1.29, 1.82) is 5.26 Å². The number of pyridine rings is 1. The van der Waals surface area contributed by atoms with Gasteiger partial charge in [0.25, 0.3) is 0 Å². The summed E-state index contributed by atoms with van der Waals surface area (Å²) in [5.41, 5.74) is 7.03. The van der Waals surface area contributed by atoms with Crippen molar-refractivity contribution in [3.63, 3.8) is 0 Å². The van der Waals surface area contributed by atoms with E-state index in [0.717, 1.165) is 12.8 Å². The number of ketones is 1. The van der Waals surface area contributed by atoms with E-state index in [4.69, 9.17) is 11.0 Å². The van der Waals surface area contributed by atoms with Crippen molar-refractivity contribution in [1.82, 2.24) is 9.29 Å². The van der Waals surface area contributed by atoms with Gasteiger partial charge >= 0.3 is 0 Å². The second-order valence-electron chi connectivity index (χ2n) is 8.57. The highest BCUT2D eigenvalue weighted by atomic mass is 32.2. The molecule has 8 nitrogen and oxygen atoms in total. The van der Waals surface area contributed by atoms with Crippen molar-refractivity contribution in [2.24, 2.45) is 15.1 Å². The summed E-state index contributed by atoms with van der Waals surface area (Å²) in [5.74, 6) is -0.645. The Balaban J connectivity index is 1.68. The van der Waals surface area contributed by atoms with Crippen molar-refractivity contribution in [2.75, 3.05) is 18.8 Å². The monoisotopic (exact) mass is 468 g/mol. The number of aromatic nitrogens is 1. The predicted octanol–water partition coefficient (Wildman–Crippen LogP) is 2.85. The van der Waals surface area contributed by atoms with Crippen LogP contribution in [0.5, 0.6) is 0 Å². The average Bonchev–Trinajstić information content (AvgIpc) is 2.95. The zero-order valence-electron chi connectivity index (χ0n) is 18.5. The van der Waals surface area contributed by atoms with Gasteiger partial charge in [-0.1, -0.05) is 6.07 Å². The number of carbonyl (C=O) groups is 1. The van der Waals surface area contributed by atoms with Gasteiger partial charge in [-0.05, 0) is 56.0 Å². The van der Waals surface area contributed by atoms with E-state index in [1.165, 1.54) is 18.3 Å². The maximum absolute atomic E-state index is 15.0. The van der Waals surface area contributed by atoms with Crippen LogP contribution in [0.4, 0.5) is 4.39 Å². The lowest BCUT2D eigenvalue weighted by Crippen LogP contribution is -2.52. The molecule has 0 aliphatic carbocycles. The van der Waals surface area contributed by atoms with Crippen LogP contribution in [0.2, 0.25) is 0 Å². The molecule has 4 rings (SSSR count). The lowest BCUT2D eigenvalue weighted by molar-refractivity contribution is 0.0987. The average molecular weight is 469 g/mol. The van der Waals surface area contributed by atoms with E-state index in [0.29, 0.717) is 29.8 Å². The molecule has 172 valence electrons. The Morgan fingerprint density at radius 3 is 2.88 bits per heavy atom. The summed E-state index contributed by atoms with van der Waals surface area (Å²) in [6, 6.07) is 8.01. The highest BCUT2D eigenvalue weighted by Crippen LogP contribution is 2.36. The molecule has 33 heavy (non-hydrogen) atoms. The third-order valence-corrected chi connectivity index (χ3v) is 8.52. The maximum atomic E-state index is 15.0. The Kier molecular flexibility index (Phi) is 5.93. The molecule has 3 heterocycles. The minimum absolute atomic E-state index is 0.00578. The zero-order valence-corrected chi connectivity index (χ0v) is 19.4. The molecular weight excluding hydrogens is 443 g/mol. The Hall–Kier alpha value is -3.32. The molecular formula is C23H25FN6O2S. The maximum Gasteiger partial charge on any atom is 0.204 e. The van der Waals surface area contributed by atoms with Gasteiger partial charge in [0.1, 0.15) is 33.0 Å². The number of carbonyl (C=O) groups excluding carboxylic acids is 1. The van der Waals surface area contributed by atoms with Crippen LogP contribution in [0, 0.1) is 24.1 Å². The number of hydrogen-bond donors (Lipinski definition) is 1. The number of nitrogens with zero attached hydrogens (tertiary/aromatic N) is 5. The number of aryl methyl sites for hydroxylation is 1. The van der Waals surface area contributed by atoms with Gasteiger partial charge in [-0.25, -0.2) is 18.0 Å². The third kappa shape index (κ3) is 4.33. The number of Topliss-reactive ketones (excluding diaryl/α,β-unsaturated/α-hetero) is 1. The van der Waals surface area contributed by atoms with E-state index in [1.54, 1.807) is 30.3 Å². The number of rotatable bonds is 4. The minimum Gasteiger partial charge on any atom is -0.369 e. The molecule has 2 aromatic rings. The zero-order chi connectivity index (χ0) is 23.8. The van der Waals surface area contributed by atoms with Gasteiger partial charge in [0, 0.05) is 24.7 Å². The summed E-state index contributed by atoms with van der Waals surface area (Å²) >= 11 is 0. The van der Waals surface area contributed by atoms with Gasteiger partial charge < -0.3 is 5.73 Å². The van der Waals surface area contributed by atoms with Gasteiger partial charge in [-0.2, -0.15) is 5.26 Å². The van der Waals surface area contributed by atoms with Gasteiger partial charge in [-0.3, -0.25) is 14.1 Å². The largest absolute Gasteiger partial charge is 0.369 e. The Morgan fingerprint density at radius 1 is 1.36 bits per heavy atom. The molecule has 1 aromatic heterocycles. The molecule has 0 saturated carbocycles. The van der Waals surface area contributed by atoms with E-state index < -0.39 is 21.3 Å². The van der Waals surface area contributed by atoms with Crippen LogP contribution >= 0.6 is 0 Å². The molecule has 2 N–H and O–H groups in total. The first-order valence-electron chi connectivity index (χ1n) is 10.7. The summed E-state index contributed by atoms with van der Waals surface area (Å²) < 4.78 is 34.6. The summed E-state index contributed by atoms with van der Waals surface area (Å²) in [4.78, 5) is 21.5. The Labute approximate surface area is 192 Å². The normalized spacial score (nSPS) is 24.7. The highest BCUT2D eigenvalue weighted by Gasteiger charge is 2.42. The minimum atomic E-state index is -2.85. The van der Waals surface area contributed by atoms with Crippen LogP contribution in [0.1, 0.15) is 52.5 Å². The highest BCUT2D eigenvalue weighted by molar-refractivity contribution is 7.92. The topological polar surface area (TPSA) is 125 Å². The van der Waals surface area contributed by atoms with E-state index in [9.17, 15) is 13.4 Å². The molecule has 1 aromatic carbocycles. The van der Waals surface area contributed by atoms with E-state index in [-0.39, 0.29) is 35.2 Å². The predicted molar refractivity (Wildman–Crippen MR) is 123 cm³/mol. The summed E-state index contributed by atoms with van der Waals surface area (Å²) in [6.07, 6.45) is 2.97. The fourth-order valence-corrected chi connectivity index (χ4v) is 6.81. The molecule has 0 spiro atoms. The first-order valence-corrected chi connectivity index (χ1v) is 12.3. The summed E-state index contributed by atoms with van der Waals surface area (Å²) in [6.45, 7) is 4.38. The second-order valence-corrected chi connectivity index (χ2v) is 10.8. The van der Waals surface area contributed by atoms with Crippen LogP contribution in [-0.2, 0) is 21.9 Å². The van der Waals surface area contributed by atoms with Crippen LogP contribution in [0.3, 0.4) is 0 Å². The fraction of sp³-hybridized carbons (Fsp3) is 0.391. The van der Waals surface area contributed by atoms with Gasteiger partial charge in [0.15, 0.2) is 5.78 Å². The SMILES string of the molecule is Cc1cc(C#N)cnc1C(=O)Cc1ccc(F)c([C@]2(C)C[S@@]3(=O)=NCCCCN3C(N)=N2)c1. The smallest absolute Gasteiger partial charge is 0.204 e. The molecule has 0 radical (unpaired) electrons. The Morgan fingerprint density at radius 2 is 2.15 bits per heavy atom. The lowest BCUT2D eigenvalue weighted by atomic mass is 9.91. The van der Waals surface area contributed by atoms with Crippen LogP contribution in [0.25, 0.3) is 0 Å². The fourth-order valence-electron chi connectivity index (χ4n) is 4.31. The second kappa shape index (κ2) is 8.56. The molecule has 2 aliphatic rings. The molecule has 10 heteroatoms. The van der Waals surface area contributed by atoms with Crippen LogP contribution in [-0.4, -0.2) is 44.1 Å². The molecule has 0 unspecified atom stereocenters. The van der Waals surface area contributed by atoms with Crippen molar-refractivity contribution >= 4 is 21.7 Å². The molecule has 2 aliphatic heterocycles. The number of benzene rings is 1. The number of nitrogens with two attached hydrogens (primary N) is 1. The molecule has 0 bridgehead atoms. The Bertz CT molecular complexity index is 1320. The van der Waals surface area contributed by atoms with Gasteiger partial charge in [-0.15, -0.1) is 0 Å². The number of halogens is 1. The lowest BCUT2D eigenvalue weighted by Gasteiger charge is -2.38. The summed E-state index contributed by atoms with van der Waals surface area (Å²) in [5, 5.41) is 9.00. The molecule has 0 fully saturated rings. The van der Waals surface area contributed by atoms with Crippen LogP contribution in [0.15, 0.2) is 39.8 Å². The van der Waals surface area contributed by atoms with E-state index >= 15 is 0 Å². The van der Waals surface area contributed by atoms with Crippen molar-refractivity contribution < 1.29 is 13.4 Å². The van der Waals surface area contributed by atoms with Gasteiger partial charge in [0.2, 0.25) is 5.96 Å². The number of hydrogen-bond acceptors (Lipinski definition) is 7. The quantitative estimate of drug-likeness (QED) is 0.691. The van der Waals surface area contributed by atoms with Crippen LogP contribution < -0.4 is 5.73 Å². The third-order valence-electron chi connectivity index (χ3n) is 5.94. The first-order chi connectivity index (χ1) is 15.6. The first kappa shape index (κ1) is 22.9. The standard InChI is InChI=1S/C23H25FN6O2S/c1-15-9-17(12-25)13-27-21(15)20(31)11-16-5-6-19(24)18(10-16)23(2)14-33(32)28-7-3-4-8-30(33)22(26)29-23/h5-6,9-10,13H,3-4,7-8,11,14H2,1-2H3,(H2,26,29)/t23-,33+/m0/s1. The van der Waals surface area contributed by atoms with Crippen molar-refractivity contribution in [3.8, 4) is 6.07 Å². The number of aliphatic imine (C=N–C) groups is 1. The summed E-state index contributed by atoms with van der Waals surface area (Å²) in [7, 11) is -2.85. The van der Waals surface area contributed by atoms with Crippen molar-refractivity contribution in [3.05, 3.63) is 64.2 Å². The number of nitriles is 1.